The van der Waals surface area contributed by atoms with E-state index in [2.05, 4.69) is 0 Å². The van der Waals surface area contributed by atoms with E-state index >= 15 is 0 Å². The van der Waals surface area contributed by atoms with Gasteiger partial charge in [0.2, 0.25) is 0 Å². The first kappa shape index (κ1) is 16.3. The normalized spacial score (nSPS) is 5.67. The minimum atomic E-state index is -3.58. The molecule has 0 heterocycles. The topological polar surface area (TPSA) is 94.8 Å². The molecule has 0 aromatic rings. The first-order valence-electron chi connectivity index (χ1n) is 1.58. The summed E-state index contributed by atoms with van der Waals surface area (Å²) in [6, 6.07) is 0. The van der Waals surface area contributed by atoms with Crippen LogP contribution in [0.5, 0.6) is 0 Å². The van der Waals surface area contributed by atoms with Crippen LogP contribution in [0.25, 0.3) is 0 Å². The van der Waals surface area contributed by atoms with Crippen molar-refractivity contribution in [2.45, 2.75) is 6.92 Å². The molecule has 0 aromatic carbocycles. The van der Waals surface area contributed by atoms with E-state index in [9.17, 15) is 0 Å². The molecule has 0 aliphatic heterocycles. The van der Waals surface area contributed by atoms with Crippen LogP contribution in [-0.2, 0) is 26.7 Å². The Labute approximate surface area is 74.9 Å². The fourth-order valence-corrected chi connectivity index (χ4v) is 0. The molecule has 3 N–H and O–H groups in total. The van der Waals surface area contributed by atoms with Crippen molar-refractivity contribution in [3.8, 4) is 0 Å². The second kappa shape index (κ2) is 11.5. The molecule has 5 nitrogen and oxygen atoms in total. The Morgan fingerprint density at radius 3 is 1.44 bits per heavy atom. The quantitative estimate of drug-likeness (QED) is 0.376. The molecule has 0 aliphatic rings. The van der Waals surface area contributed by atoms with Gasteiger partial charge >= 0.3 is 52.4 Å². The van der Waals surface area contributed by atoms with Gasteiger partial charge in [0.1, 0.15) is 0 Å². The van der Waals surface area contributed by atoms with E-state index in [1.165, 1.54) is 0 Å². The third kappa shape index (κ3) is 858. The van der Waals surface area contributed by atoms with Gasteiger partial charge in [-0.3, -0.25) is 4.79 Å². The number of hydrogen-bond acceptors (Lipinski definition) is 2. The SMILES string of the molecule is CC(=O)O.[MgH2].[O]=[Ti]([OH])[OH]. The van der Waals surface area contributed by atoms with Crippen LogP contribution in [0.4, 0.5) is 0 Å². The van der Waals surface area contributed by atoms with Crippen LogP contribution < -0.4 is 0 Å². The summed E-state index contributed by atoms with van der Waals surface area (Å²) >= 11 is -3.58. The van der Waals surface area contributed by atoms with Gasteiger partial charge in [0.15, 0.2) is 0 Å². The molecule has 0 saturated heterocycles. The summed E-state index contributed by atoms with van der Waals surface area (Å²) in [5.41, 5.74) is 0. The van der Waals surface area contributed by atoms with Gasteiger partial charge in [0.05, 0.1) is 0 Å². The standard InChI is InChI=1S/C2H4O2.Mg.2H2O.O.Ti.2H/c1-2(3)4;;;;;;;/h1H3,(H,3,4);;2*1H2;;;;/q;;;;;+2;;/p-2. The molecule has 9 heavy (non-hydrogen) atoms. The minimum absolute atomic E-state index is 0. The van der Waals surface area contributed by atoms with Crippen LogP contribution in [0.1, 0.15) is 6.92 Å². The number of rotatable bonds is 0. The molecular formula is C2H8MgO5Ti. The fourth-order valence-electron chi connectivity index (χ4n) is 0. The first-order chi connectivity index (χ1) is 3.46. The third-order valence-corrected chi connectivity index (χ3v) is 0. The van der Waals surface area contributed by atoms with E-state index in [1.54, 1.807) is 0 Å². The average molecular weight is 184 g/mol. The Morgan fingerprint density at radius 1 is 1.44 bits per heavy atom. The number of carboxylic acids is 1. The van der Waals surface area contributed by atoms with Crippen LogP contribution in [0.3, 0.4) is 0 Å². The molecule has 0 fully saturated rings. The molecule has 0 atom stereocenters. The van der Waals surface area contributed by atoms with Crippen molar-refractivity contribution < 1.29 is 39.2 Å². The maximum absolute atomic E-state index is 9.00. The average Bonchev–Trinajstić information content (AvgIpc) is 1.25. The van der Waals surface area contributed by atoms with E-state index in [0.717, 1.165) is 6.92 Å². The van der Waals surface area contributed by atoms with Crippen molar-refractivity contribution in [1.82, 2.24) is 0 Å². The van der Waals surface area contributed by atoms with Crippen molar-refractivity contribution >= 4 is 29.0 Å². The number of carbonyl (C=O) groups is 1. The van der Waals surface area contributed by atoms with E-state index in [4.69, 9.17) is 20.6 Å². The molecular weight excluding hydrogens is 176 g/mol. The second-order valence-corrected chi connectivity index (χ2v) is 1.68. The Bertz CT molecular complexity index is 73.0. The van der Waals surface area contributed by atoms with Crippen LogP contribution in [0, 0.1) is 0 Å². The number of hydrogen-bond donors (Lipinski definition) is 3. The van der Waals surface area contributed by atoms with Crippen molar-refractivity contribution in [3.05, 3.63) is 0 Å². The molecule has 0 aliphatic carbocycles. The van der Waals surface area contributed by atoms with Crippen LogP contribution in [0.2, 0.25) is 0 Å². The third-order valence-electron chi connectivity index (χ3n) is 0. The molecule has 52 valence electrons. The number of carboxylic acid groups (broad SMARTS) is 1. The molecule has 0 aromatic heterocycles. The van der Waals surface area contributed by atoms with Crippen molar-refractivity contribution in [2.75, 3.05) is 0 Å². The summed E-state index contributed by atoms with van der Waals surface area (Å²) in [5.74, 6) is -0.833. The zero-order valence-corrected chi connectivity index (χ0v) is 5.72. The van der Waals surface area contributed by atoms with Gasteiger partial charge in [0, 0.05) is 6.92 Å². The van der Waals surface area contributed by atoms with E-state index in [1.807, 2.05) is 0 Å². The Balaban J connectivity index is -0.0000000720. The van der Waals surface area contributed by atoms with Crippen LogP contribution in [-0.4, -0.2) is 41.5 Å². The fraction of sp³-hybridized carbons (Fsp3) is 0.500. The molecule has 0 unspecified atom stereocenters. The zero-order valence-electron chi connectivity index (χ0n) is 4.16. The Kier molecular flexibility index (Phi) is 20.8. The second-order valence-electron chi connectivity index (χ2n) is 0.802. The summed E-state index contributed by atoms with van der Waals surface area (Å²) in [6.07, 6.45) is 0. The monoisotopic (exact) mass is 184 g/mol. The summed E-state index contributed by atoms with van der Waals surface area (Å²) in [7, 11) is 0. The van der Waals surface area contributed by atoms with Gasteiger partial charge < -0.3 is 5.11 Å². The summed E-state index contributed by atoms with van der Waals surface area (Å²) in [5, 5.41) is 7.42. The predicted molar refractivity (Wildman–Crippen MR) is 27.0 cm³/mol. The molecule has 0 saturated carbocycles. The molecule has 0 spiro atoms. The van der Waals surface area contributed by atoms with Crippen molar-refractivity contribution in [1.29, 1.82) is 0 Å². The maximum atomic E-state index is 9.00. The zero-order chi connectivity index (χ0) is 7.15. The van der Waals surface area contributed by atoms with E-state index in [0.29, 0.717) is 0 Å². The van der Waals surface area contributed by atoms with Gasteiger partial charge in [0.25, 0.3) is 5.97 Å². The van der Waals surface area contributed by atoms with Gasteiger partial charge in [-0.25, -0.2) is 0 Å². The Morgan fingerprint density at radius 2 is 1.44 bits per heavy atom. The molecule has 0 amide bonds. The van der Waals surface area contributed by atoms with Crippen LogP contribution in [0.15, 0.2) is 0 Å². The Hall–Kier alpha value is 0.671. The van der Waals surface area contributed by atoms with Gasteiger partial charge in [-0.1, -0.05) is 0 Å². The summed E-state index contributed by atoms with van der Waals surface area (Å²) in [4.78, 5) is 9.00. The van der Waals surface area contributed by atoms with E-state index in [-0.39, 0.29) is 23.1 Å². The van der Waals surface area contributed by atoms with Crippen molar-refractivity contribution in [3.63, 3.8) is 0 Å². The van der Waals surface area contributed by atoms with Gasteiger partial charge in [-0.05, 0) is 0 Å². The predicted octanol–water partition coefficient (Wildman–Crippen LogP) is -2.06. The van der Waals surface area contributed by atoms with Crippen LogP contribution >= 0.6 is 0 Å². The first-order valence-corrected chi connectivity index (χ1v) is 3.61. The molecule has 7 heteroatoms. The summed E-state index contributed by atoms with van der Waals surface area (Å²) < 4.78 is 23.2. The molecule has 0 rings (SSSR count). The number of aliphatic carboxylic acids is 1. The van der Waals surface area contributed by atoms with Crippen molar-refractivity contribution in [2.24, 2.45) is 0 Å². The van der Waals surface area contributed by atoms with E-state index < -0.39 is 24.6 Å². The van der Waals surface area contributed by atoms with Gasteiger partial charge in [-0.2, -0.15) is 0 Å². The van der Waals surface area contributed by atoms with Gasteiger partial charge in [-0.15, -0.1) is 0 Å². The molecule has 0 radical (unpaired) electrons. The summed E-state index contributed by atoms with van der Waals surface area (Å²) in [6.45, 7) is 1.08. The molecule has 0 bridgehead atoms.